The van der Waals surface area contributed by atoms with Crippen LogP contribution in [-0.2, 0) is 6.54 Å². The van der Waals surface area contributed by atoms with Crippen LogP contribution in [0.1, 0.15) is 43.5 Å². The number of aryl methyl sites for hydroxylation is 1. The maximum atomic E-state index is 5.35. The first kappa shape index (κ1) is 15.8. The Morgan fingerprint density at radius 3 is 2.70 bits per heavy atom. The average Bonchev–Trinajstić information content (AvgIpc) is 2.47. The Hall–Kier alpha value is -0.610. The van der Waals surface area contributed by atoms with E-state index in [-0.39, 0.29) is 0 Å². The molecule has 1 saturated carbocycles. The van der Waals surface area contributed by atoms with Gasteiger partial charge in [0.15, 0.2) is 0 Å². The lowest BCUT2D eigenvalue weighted by Crippen LogP contribution is -2.37. The molecule has 0 aromatic carbocycles. The minimum atomic E-state index is 0.717. The summed E-state index contributed by atoms with van der Waals surface area (Å²) >= 11 is 3.59. The molecule has 0 spiro atoms. The normalized spacial score (nSPS) is 16.6. The number of halogens is 1. The van der Waals surface area contributed by atoms with E-state index >= 15 is 0 Å². The molecule has 0 N–H and O–H groups in total. The number of rotatable bonds is 6. The van der Waals surface area contributed by atoms with Crippen LogP contribution in [0.2, 0.25) is 0 Å². The Labute approximate surface area is 130 Å². The van der Waals surface area contributed by atoms with Crippen molar-refractivity contribution in [1.82, 2.24) is 9.88 Å². The zero-order valence-corrected chi connectivity index (χ0v) is 14.2. The second-order valence-corrected chi connectivity index (χ2v) is 6.38. The summed E-state index contributed by atoms with van der Waals surface area (Å²) in [6.07, 6.45) is 6.79. The van der Waals surface area contributed by atoms with Gasteiger partial charge in [0.05, 0.1) is 12.8 Å². The Morgan fingerprint density at radius 2 is 2.05 bits per heavy atom. The molecule has 1 aliphatic rings. The molecule has 4 heteroatoms. The van der Waals surface area contributed by atoms with Gasteiger partial charge < -0.3 is 4.74 Å². The fraction of sp³-hybridized carbons (Fsp3) is 0.688. The molecule has 0 atom stereocenters. The van der Waals surface area contributed by atoms with Crippen molar-refractivity contribution in [2.45, 2.75) is 51.6 Å². The van der Waals surface area contributed by atoms with E-state index in [1.165, 1.54) is 32.1 Å². The monoisotopic (exact) mass is 340 g/mol. The standard InChI is InChI=1S/C16H25BrN2O/c1-13-10-16(20-2)11-14(18-13)12-19(9-8-17)15-6-4-3-5-7-15/h10-11,15H,3-9,12H2,1-2H3. The molecule has 3 nitrogen and oxygen atoms in total. The molecule has 20 heavy (non-hydrogen) atoms. The van der Waals surface area contributed by atoms with Gasteiger partial charge in [0.2, 0.25) is 0 Å². The Balaban J connectivity index is 2.08. The second kappa shape index (κ2) is 7.99. The quantitative estimate of drug-likeness (QED) is 0.733. The molecule has 0 amide bonds. The summed E-state index contributed by atoms with van der Waals surface area (Å²) in [5, 5.41) is 1.02. The lowest BCUT2D eigenvalue weighted by atomic mass is 9.94. The molecule has 2 rings (SSSR count). The van der Waals surface area contributed by atoms with Crippen LogP contribution in [0, 0.1) is 6.92 Å². The second-order valence-electron chi connectivity index (χ2n) is 5.59. The van der Waals surface area contributed by atoms with Crippen molar-refractivity contribution in [3.05, 3.63) is 23.5 Å². The maximum Gasteiger partial charge on any atom is 0.122 e. The summed E-state index contributed by atoms with van der Waals surface area (Å²) in [6, 6.07) is 4.77. The van der Waals surface area contributed by atoms with Crippen LogP contribution in [0.15, 0.2) is 12.1 Å². The molecule has 0 radical (unpaired) electrons. The van der Waals surface area contributed by atoms with Crippen molar-refractivity contribution >= 4 is 15.9 Å². The van der Waals surface area contributed by atoms with E-state index in [2.05, 4.69) is 31.9 Å². The number of methoxy groups -OCH3 is 1. The summed E-state index contributed by atoms with van der Waals surface area (Å²) in [5.74, 6) is 0.912. The molecule has 1 aromatic heterocycles. The molecule has 1 aliphatic carbocycles. The molecule has 1 heterocycles. The summed E-state index contributed by atoms with van der Waals surface area (Å²) < 4.78 is 5.35. The van der Waals surface area contributed by atoms with E-state index in [9.17, 15) is 0 Å². The van der Waals surface area contributed by atoms with Gasteiger partial charge >= 0.3 is 0 Å². The summed E-state index contributed by atoms with van der Waals surface area (Å²) in [5.41, 5.74) is 2.15. The van der Waals surface area contributed by atoms with Gasteiger partial charge in [0, 0.05) is 42.3 Å². The van der Waals surface area contributed by atoms with Crippen LogP contribution in [0.4, 0.5) is 0 Å². The molecule has 112 valence electrons. The molecule has 1 aromatic rings. The number of ether oxygens (including phenoxy) is 1. The number of hydrogen-bond donors (Lipinski definition) is 0. The lowest BCUT2D eigenvalue weighted by Gasteiger charge is -2.33. The van der Waals surface area contributed by atoms with Crippen molar-refractivity contribution < 1.29 is 4.74 Å². The van der Waals surface area contributed by atoms with E-state index < -0.39 is 0 Å². The minimum Gasteiger partial charge on any atom is -0.497 e. The fourth-order valence-electron chi connectivity index (χ4n) is 3.06. The van der Waals surface area contributed by atoms with Gasteiger partial charge in [0.1, 0.15) is 5.75 Å². The smallest absolute Gasteiger partial charge is 0.122 e. The third-order valence-electron chi connectivity index (χ3n) is 4.04. The van der Waals surface area contributed by atoms with Crippen LogP contribution in [0.5, 0.6) is 5.75 Å². The number of nitrogens with zero attached hydrogens (tertiary/aromatic N) is 2. The van der Waals surface area contributed by atoms with Crippen molar-refractivity contribution in [1.29, 1.82) is 0 Å². The predicted octanol–water partition coefficient (Wildman–Crippen LogP) is 3.93. The van der Waals surface area contributed by atoms with Crippen molar-refractivity contribution in [2.24, 2.45) is 0 Å². The summed E-state index contributed by atoms with van der Waals surface area (Å²) in [7, 11) is 1.72. The van der Waals surface area contributed by atoms with E-state index in [0.29, 0.717) is 0 Å². The van der Waals surface area contributed by atoms with E-state index in [1.54, 1.807) is 7.11 Å². The van der Waals surface area contributed by atoms with Gasteiger partial charge in [-0.25, -0.2) is 0 Å². The van der Waals surface area contributed by atoms with E-state index in [1.807, 2.05) is 13.0 Å². The third kappa shape index (κ3) is 4.45. The van der Waals surface area contributed by atoms with Crippen molar-refractivity contribution in [3.63, 3.8) is 0 Å². The average molecular weight is 341 g/mol. The highest BCUT2D eigenvalue weighted by Gasteiger charge is 2.21. The van der Waals surface area contributed by atoms with Crippen molar-refractivity contribution in [3.8, 4) is 5.75 Å². The molecule has 0 bridgehead atoms. The highest BCUT2D eigenvalue weighted by atomic mass is 79.9. The topological polar surface area (TPSA) is 25.4 Å². The fourth-order valence-corrected chi connectivity index (χ4v) is 3.51. The van der Waals surface area contributed by atoms with E-state index in [0.717, 1.165) is 41.6 Å². The van der Waals surface area contributed by atoms with Crippen LogP contribution < -0.4 is 4.74 Å². The van der Waals surface area contributed by atoms with Crippen molar-refractivity contribution in [2.75, 3.05) is 19.0 Å². The van der Waals surface area contributed by atoms with Gasteiger partial charge in [-0.15, -0.1) is 0 Å². The predicted molar refractivity (Wildman–Crippen MR) is 86.6 cm³/mol. The van der Waals surface area contributed by atoms with Gasteiger partial charge in [-0.05, 0) is 19.8 Å². The zero-order valence-electron chi connectivity index (χ0n) is 12.6. The number of aromatic nitrogens is 1. The first-order valence-electron chi connectivity index (χ1n) is 7.54. The highest BCUT2D eigenvalue weighted by molar-refractivity contribution is 9.09. The molecule has 0 unspecified atom stereocenters. The van der Waals surface area contributed by atoms with E-state index in [4.69, 9.17) is 4.74 Å². The Morgan fingerprint density at radius 1 is 1.30 bits per heavy atom. The first-order valence-corrected chi connectivity index (χ1v) is 8.66. The molecule has 0 aliphatic heterocycles. The Bertz CT molecular complexity index is 419. The summed E-state index contributed by atoms with van der Waals surface area (Å²) in [6.45, 7) is 4.04. The Kier molecular flexibility index (Phi) is 6.30. The van der Waals surface area contributed by atoms with Crippen LogP contribution >= 0.6 is 15.9 Å². The number of hydrogen-bond acceptors (Lipinski definition) is 3. The molecule has 1 fully saturated rings. The van der Waals surface area contributed by atoms with Gasteiger partial charge in [-0.3, -0.25) is 9.88 Å². The first-order chi connectivity index (χ1) is 9.72. The number of pyridine rings is 1. The summed E-state index contributed by atoms with van der Waals surface area (Å²) in [4.78, 5) is 7.24. The largest absolute Gasteiger partial charge is 0.497 e. The van der Waals surface area contributed by atoms with Gasteiger partial charge in [0.25, 0.3) is 0 Å². The zero-order chi connectivity index (χ0) is 14.4. The maximum absolute atomic E-state index is 5.35. The van der Waals surface area contributed by atoms with Crippen LogP contribution in [0.25, 0.3) is 0 Å². The lowest BCUT2D eigenvalue weighted by molar-refractivity contribution is 0.156. The SMILES string of the molecule is COc1cc(C)nc(CN(CCBr)C2CCCCC2)c1. The van der Waals surface area contributed by atoms with Crippen LogP contribution in [-0.4, -0.2) is 34.9 Å². The minimum absolute atomic E-state index is 0.717. The van der Waals surface area contributed by atoms with Crippen LogP contribution in [0.3, 0.4) is 0 Å². The van der Waals surface area contributed by atoms with Gasteiger partial charge in [-0.2, -0.15) is 0 Å². The molecular weight excluding hydrogens is 316 g/mol. The molecule has 0 saturated heterocycles. The third-order valence-corrected chi connectivity index (χ3v) is 4.40. The highest BCUT2D eigenvalue weighted by Crippen LogP contribution is 2.24. The van der Waals surface area contributed by atoms with Gasteiger partial charge in [-0.1, -0.05) is 35.2 Å². The number of alkyl halides is 1. The molecular formula is C16H25BrN2O.